The lowest BCUT2D eigenvalue weighted by atomic mass is 10.0. The van der Waals surface area contributed by atoms with Crippen LogP contribution in [0.4, 0.5) is 5.69 Å². The summed E-state index contributed by atoms with van der Waals surface area (Å²) in [6.45, 7) is 11.2. The number of hydrogen-bond donors (Lipinski definition) is 0. The minimum absolute atomic E-state index is 0.0575. The van der Waals surface area contributed by atoms with E-state index in [1.807, 2.05) is 16.8 Å². The summed E-state index contributed by atoms with van der Waals surface area (Å²) in [5.41, 5.74) is 1.11. The fourth-order valence-corrected chi connectivity index (χ4v) is 3.16. The molecule has 0 unspecified atom stereocenters. The van der Waals surface area contributed by atoms with Crippen molar-refractivity contribution in [2.24, 2.45) is 0 Å². The normalized spacial score (nSPS) is 16.2. The maximum Gasteiger partial charge on any atom is 0.165 e. The van der Waals surface area contributed by atoms with Crippen LogP contribution in [0.25, 0.3) is 0 Å². The third-order valence-electron chi connectivity index (χ3n) is 5.14. The summed E-state index contributed by atoms with van der Waals surface area (Å²) in [5, 5.41) is 12.4. The Morgan fingerprint density at radius 1 is 1.12 bits per heavy atom. The molecule has 3 rings (SSSR count). The fourth-order valence-electron chi connectivity index (χ4n) is 3.16. The topological polar surface area (TPSA) is 59.3 Å². The molecule has 1 saturated heterocycles. The van der Waals surface area contributed by atoms with Gasteiger partial charge in [-0.25, -0.2) is 4.68 Å². The highest BCUT2D eigenvalue weighted by Crippen LogP contribution is 2.28. The predicted molar refractivity (Wildman–Crippen MR) is 97.9 cm³/mol. The zero-order valence-corrected chi connectivity index (χ0v) is 15.6. The molecule has 7 nitrogen and oxygen atoms in total. The summed E-state index contributed by atoms with van der Waals surface area (Å²) in [4.78, 5) is 4.80. The van der Waals surface area contributed by atoms with Crippen molar-refractivity contribution < 1.29 is 4.74 Å². The van der Waals surface area contributed by atoms with E-state index in [-0.39, 0.29) is 5.54 Å². The predicted octanol–water partition coefficient (Wildman–Crippen LogP) is 2.15. The van der Waals surface area contributed by atoms with E-state index in [4.69, 9.17) is 4.74 Å². The molecule has 1 aromatic heterocycles. The summed E-state index contributed by atoms with van der Waals surface area (Å²) in [5.74, 6) is 1.88. The van der Waals surface area contributed by atoms with E-state index in [2.05, 4.69) is 58.2 Å². The number of rotatable bonds is 6. The highest BCUT2D eigenvalue weighted by atomic mass is 16.5. The molecule has 1 aliphatic rings. The lowest BCUT2D eigenvalue weighted by Crippen LogP contribution is -2.46. The number of para-hydroxylation sites is 2. The Labute approximate surface area is 149 Å². The lowest BCUT2D eigenvalue weighted by Gasteiger charge is -2.36. The zero-order valence-electron chi connectivity index (χ0n) is 15.6. The van der Waals surface area contributed by atoms with Crippen LogP contribution in [-0.2, 0) is 12.1 Å². The van der Waals surface area contributed by atoms with E-state index in [9.17, 15) is 0 Å². The molecule has 0 atom stereocenters. The number of tetrazole rings is 1. The van der Waals surface area contributed by atoms with Gasteiger partial charge in [-0.3, -0.25) is 4.90 Å². The van der Waals surface area contributed by atoms with Gasteiger partial charge in [0.2, 0.25) is 0 Å². The van der Waals surface area contributed by atoms with Gasteiger partial charge < -0.3 is 9.64 Å². The lowest BCUT2D eigenvalue weighted by molar-refractivity contribution is 0.220. The molecule has 2 heterocycles. The maximum atomic E-state index is 5.49. The van der Waals surface area contributed by atoms with Crippen molar-refractivity contribution in [3.8, 4) is 5.75 Å². The number of hydrogen-bond acceptors (Lipinski definition) is 6. The molecule has 0 radical (unpaired) electrons. The van der Waals surface area contributed by atoms with Gasteiger partial charge in [0.05, 0.1) is 24.9 Å². The van der Waals surface area contributed by atoms with Crippen LogP contribution in [0.1, 0.15) is 33.0 Å². The van der Waals surface area contributed by atoms with E-state index in [1.54, 1.807) is 7.11 Å². The first-order valence-electron chi connectivity index (χ1n) is 8.93. The molecular formula is C18H28N6O. The Hall–Kier alpha value is -2.15. The molecule has 2 aromatic rings. The van der Waals surface area contributed by atoms with E-state index < -0.39 is 0 Å². The molecule has 1 aliphatic heterocycles. The van der Waals surface area contributed by atoms with Crippen LogP contribution in [0.15, 0.2) is 24.3 Å². The first-order valence-corrected chi connectivity index (χ1v) is 8.93. The van der Waals surface area contributed by atoms with Gasteiger partial charge in [0.15, 0.2) is 5.82 Å². The molecule has 136 valence electrons. The van der Waals surface area contributed by atoms with E-state index in [1.165, 1.54) is 5.69 Å². The smallest absolute Gasteiger partial charge is 0.165 e. The van der Waals surface area contributed by atoms with Crippen LogP contribution >= 0.6 is 0 Å². The fraction of sp³-hybridized carbons (Fsp3) is 0.611. The van der Waals surface area contributed by atoms with E-state index in [0.29, 0.717) is 0 Å². The highest BCUT2D eigenvalue weighted by molar-refractivity contribution is 5.58. The van der Waals surface area contributed by atoms with Crippen molar-refractivity contribution >= 4 is 5.69 Å². The number of ether oxygens (including phenoxy) is 1. The second-order valence-electron chi connectivity index (χ2n) is 7.11. The summed E-state index contributed by atoms with van der Waals surface area (Å²) >= 11 is 0. The van der Waals surface area contributed by atoms with Crippen LogP contribution in [0.5, 0.6) is 5.75 Å². The van der Waals surface area contributed by atoms with Crippen molar-refractivity contribution in [2.75, 3.05) is 38.2 Å². The van der Waals surface area contributed by atoms with Crippen LogP contribution in [0.2, 0.25) is 0 Å². The van der Waals surface area contributed by atoms with Gasteiger partial charge in [-0.15, -0.1) is 5.10 Å². The van der Waals surface area contributed by atoms with Crippen LogP contribution in [-0.4, -0.2) is 58.4 Å². The Balaban J connectivity index is 1.63. The zero-order chi connectivity index (χ0) is 17.9. The quantitative estimate of drug-likeness (QED) is 0.800. The van der Waals surface area contributed by atoms with Gasteiger partial charge in [0, 0.05) is 26.2 Å². The summed E-state index contributed by atoms with van der Waals surface area (Å²) in [6.07, 6.45) is 0.993. The van der Waals surface area contributed by atoms with E-state index in [0.717, 1.165) is 50.7 Å². The minimum Gasteiger partial charge on any atom is -0.495 e. The minimum atomic E-state index is -0.0575. The molecule has 7 heteroatoms. The van der Waals surface area contributed by atoms with Gasteiger partial charge in [-0.2, -0.15) is 0 Å². The number of benzene rings is 1. The van der Waals surface area contributed by atoms with E-state index >= 15 is 0 Å². The second-order valence-corrected chi connectivity index (χ2v) is 7.11. The SMILES string of the molecule is CCC(C)(C)n1nnnc1CN1CCN(c2ccccc2OC)CC1. The molecule has 1 fully saturated rings. The van der Waals surface area contributed by atoms with Crippen LogP contribution in [0, 0.1) is 0 Å². The molecular weight excluding hydrogens is 316 g/mol. The van der Waals surface area contributed by atoms with Crippen molar-refractivity contribution in [2.45, 2.75) is 39.3 Å². The van der Waals surface area contributed by atoms with Crippen molar-refractivity contribution in [1.82, 2.24) is 25.1 Å². The number of nitrogens with zero attached hydrogens (tertiary/aromatic N) is 6. The van der Waals surface area contributed by atoms with Crippen molar-refractivity contribution in [3.63, 3.8) is 0 Å². The summed E-state index contributed by atoms with van der Waals surface area (Å²) in [7, 11) is 1.73. The Morgan fingerprint density at radius 2 is 1.84 bits per heavy atom. The second kappa shape index (κ2) is 7.39. The third kappa shape index (κ3) is 3.76. The highest BCUT2D eigenvalue weighted by Gasteiger charge is 2.26. The molecule has 0 saturated carbocycles. The molecule has 0 bridgehead atoms. The molecule has 0 N–H and O–H groups in total. The molecule has 0 spiro atoms. The molecule has 0 amide bonds. The monoisotopic (exact) mass is 344 g/mol. The summed E-state index contributed by atoms with van der Waals surface area (Å²) < 4.78 is 7.46. The van der Waals surface area contributed by atoms with Gasteiger partial charge in [-0.05, 0) is 42.8 Å². The Bertz CT molecular complexity index is 690. The molecule has 0 aliphatic carbocycles. The Kier molecular flexibility index (Phi) is 5.22. The first-order chi connectivity index (χ1) is 12.0. The maximum absolute atomic E-state index is 5.49. The van der Waals surface area contributed by atoms with Crippen LogP contribution in [0.3, 0.4) is 0 Å². The number of anilines is 1. The number of piperazine rings is 1. The van der Waals surface area contributed by atoms with Gasteiger partial charge >= 0.3 is 0 Å². The largest absolute Gasteiger partial charge is 0.495 e. The van der Waals surface area contributed by atoms with Gasteiger partial charge in [0.1, 0.15) is 5.75 Å². The first kappa shape index (κ1) is 17.7. The van der Waals surface area contributed by atoms with Crippen LogP contribution < -0.4 is 9.64 Å². The van der Waals surface area contributed by atoms with Gasteiger partial charge in [0.25, 0.3) is 0 Å². The average Bonchev–Trinajstić information content (AvgIpc) is 3.11. The van der Waals surface area contributed by atoms with Crippen molar-refractivity contribution in [1.29, 1.82) is 0 Å². The Morgan fingerprint density at radius 3 is 2.52 bits per heavy atom. The third-order valence-corrected chi connectivity index (χ3v) is 5.14. The van der Waals surface area contributed by atoms with Crippen molar-refractivity contribution in [3.05, 3.63) is 30.1 Å². The average molecular weight is 344 g/mol. The van der Waals surface area contributed by atoms with Gasteiger partial charge in [-0.1, -0.05) is 19.1 Å². The molecule has 1 aromatic carbocycles. The molecule has 25 heavy (non-hydrogen) atoms. The summed E-state index contributed by atoms with van der Waals surface area (Å²) in [6, 6.07) is 8.21. The number of aromatic nitrogens is 4. The standard InChI is InChI=1S/C18H28N6O/c1-5-18(2,3)24-17(19-20-21-24)14-22-10-12-23(13-11-22)15-8-6-7-9-16(15)25-4/h6-9H,5,10-14H2,1-4H3. The number of methoxy groups -OCH3 is 1.